The maximum atomic E-state index is 14.5. The summed E-state index contributed by atoms with van der Waals surface area (Å²) in [7, 11) is 0. The van der Waals surface area contributed by atoms with E-state index in [2.05, 4.69) is 0 Å². The highest BCUT2D eigenvalue weighted by Gasteiger charge is 2.79. The lowest BCUT2D eigenvalue weighted by atomic mass is 9.62. The molecule has 3 aromatic carbocycles. The normalized spacial score (nSPS) is 28.9. The van der Waals surface area contributed by atoms with E-state index in [1.165, 1.54) is 4.90 Å². The number of nitrogens with zero attached hydrogens (tertiary/aromatic N) is 1. The van der Waals surface area contributed by atoms with E-state index in [0.717, 1.165) is 33.4 Å². The molecule has 0 radical (unpaired) electrons. The molecule has 0 N–H and O–H groups in total. The summed E-state index contributed by atoms with van der Waals surface area (Å²) in [4.78, 5) is 44.2. The number of imide groups is 1. The average Bonchev–Trinajstić information content (AvgIpc) is 3.36. The lowest BCUT2D eigenvalue weighted by molar-refractivity contribution is -0.134. The van der Waals surface area contributed by atoms with Gasteiger partial charge in [-0.25, -0.2) is 4.90 Å². The van der Waals surface area contributed by atoms with Crippen LogP contribution in [0, 0.1) is 36.5 Å². The van der Waals surface area contributed by atoms with Crippen molar-refractivity contribution < 1.29 is 14.4 Å². The molecular formula is C32H29NO3. The number of allylic oxidation sites excluding steroid dienone is 2. The highest BCUT2D eigenvalue weighted by molar-refractivity contribution is 6.34. The number of fused-ring (bicyclic) bond motifs is 5. The smallest absolute Gasteiger partial charge is 0.239 e. The number of hydrogen-bond acceptors (Lipinski definition) is 3. The first-order chi connectivity index (χ1) is 17.3. The number of anilines is 1. The molecule has 2 fully saturated rings. The van der Waals surface area contributed by atoms with Crippen LogP contribution in [0.5, 0.6) is 0 Å². The molecule has 4 unspecified atom stereocenters. The molecule has 6 rings (SSSR count). The Hall–Kier alpha value is -3.79. The summed E-state index contributed by atoms with van der Waals surface area (Å²) in [6.07, 6.45) is 0.461. The highest BCUT2D eigenvalue weighted by Crippen LogP contribution is 2.74. The zero-order chi connectivity index (χ0) is 25.4. The first kappa shape index (κ1) is 22.7. The summed E-state index contributed by atoms with van der Waals surface area (Å²) >= 11 is 0. The maximum Gasteiger partial charge on any atom is 0.239 e. The first-order valence-corrected chi connectivity index (χ1v) is 12.6. The van der Waals surface area contributed by atoms with E-state index in [4.69, 9.17) is 0 Å². The van der Waals surface area contributed by atoms with Crippen molar-refractivity contribution >= 4 is 34.4 Å². The monoisotopic (exact) mass is 475 g/mol. The predicted octanol–water partition coefficient (Wildman–Crippen LogP) is 6.02. The summed E-state index contributed by atoms with van der Waals surface area (Å²) in [5, 5.41) is 0. The van der Waals surface area contributed by atoms with E-state index in [0.29, 0.717) is 12.1 Å². The van der Waals surface area contributed by atoms with E-state index in [9.17, 15) is 14.4 Å². The van der Waals surface area contributed by atoms with Crippen molar-refractivity contribution in [3.8, 4) is 0 Å². The minimum Gasteiger partial charge on any atom is -0.298 e. The summed E-state index contributed by atoms with van der Waals surface area (Å²) in [5.74, 6) is -1.95. The molecule has 0 aromatic heterocycles. The molecule has 1 saturated carbocycles. The molecule has 4 heteroatoms. The molecule has 2 aliphatic carbocycles. The Morgan fingerprint density at radius 3 is 1.83 bits per heavy atom. The van der Waals surface area contributed by atoms with Gasteiger partial charge in [-0.15, -0.1) is 0 Å². The lowest BCUT2D eigenvalue weighted by Crippen LogP contribution is -2.41. The number of carbonyl (C=O) groups is 3. The summed E-state index contributed by atoms with van der Waals surface area (Å²) in [6, 6.07) is 25.5. The number of Topliss-reactive ketones (excluding diaryl/α,β-unsaturated/α-hetero) is 1. The third-order valence-corrected chi connectivity index (χ3v) is 8.98. The predicted molar refractivity (Wildman–Crippen MR) is 141 cm³/mol. The van der Waals surface area contributed by atoms with E-state index < -0.39 is 22.7 Å². The van der Waals surface area contributed by atoms with Gasteiger partial charge in [0, 0.05) is 0 Å². The zero-order valence-electron chi connectivity index (χ0n) is 21.0. The van der Waals surface area contributed by atoms with Crippen LogP contribution in [0.15, 0.2) is 78.9 Å². The summed E-state index contributed by atoms with van der Waals surface area (Å²) in [5.41, 5.74) is 4.26. The van der Waals surface area contributed by atoms with Gasteiger partial charge in [-0.05, 0) is 72.7 Å². The molecule has 1 heterocycles. The van der Waals surface area contributed by atoms with Crippen molar-refractivity contribution in [2.24, 2.45) is 22.7 Å². The van der Waals surface area contributed by atoms with E-state index in [1.807, 2.05) is 107 Å². The summed E-state index contributed by atoms with van der Waals surface area (Å²) in [6.45, 7) is 7.87. The van der Waals surface area contributed by atoms with Crippen LogP contribution in [-0.2, 0) is 14.4 Å². The molecule has 2 bridgehead atoms. The fourth-order valence-electron chi connectivity index (χ4n) is 7.25. The maximum absolute atomic E-state index is 14.5. The van der Waals surface area contributed by atoms with Crippen LogP contribution >= 0.6 is 0 Å². The van der Waals surface area contributed by atoms with E-state index in [1.54, 1.807) is 0 Å². The van der Waals surface area contributed by atoms with Crippen molar-refractivity contribution in [1.82, 2.24) is 0 Å². The number of carbonyl (C=O) groups excluding carboxylic acids is 3. The molecule has 1 aliphatic heterocycles. The van der Waals surface area contributed by atoms with Crippen molar-refractivity contribution in [3.05, 3.63) is 101 Å². The fraction of sp³-hybridized carbons (Fsp3) is 0.281. The Bertz CT molecular complexity index is 1470. The zero-order valence-corrected chi connectivity index (χ0v) is 21.0. The molecule has 180 valence electrons. The first-order valence-electron chi connectivity index (χ1n) is 12.6. The van der Waals surface area contributed by atoms with Gasteiger partial charge in [-0.2, -0.15) is 0 Å². The standard InChI is InChI=1S/C32H29NO3/c1-5-32-25(22-14-10-7-11-15-22)24(21-12-8-6-9-13-21)31(4,30(32)36)26-27(32)29(35)33(28(26)34)23-17-16-19(2)20(3)18-23/h6-18,26-27H,5H2,1-4H3. The van der Waals surface area contributed by atoms with Crippen LogP contribution in [0.3, 0.4) is 0 Å². The number of amides is 2. The largest absolute Gasteiger partial charge is 0.298 e. The molecule has 3 aromatic rings. The second-order valence-electron chi connectivity index (χ2n) is 10.6. The molecule has 3 aliphatic rings. The van der Waals surface area contributed by atoms with Gasteiger partial charge in [0.2, 0.25) is 11.8 Å². The van der Waals surface area contributed by atoms with E-state index >= 15 is 0 Å². The van der Waals surface area contributed by atoms with Gasteiger partial charge in [-0.1, -0.05) is 73.7 Å². The molecule has 4 nitrogen and oxygen atoms in total. The van der Waals surface area contributed by atoms with Gasteiger partial charge < -0.3 is 0 Å². The fourth-order valence-corrected chi connectivity index (χ4v) is 7.25. The van der Waals surface area contributed by atoms with Crippen LogP contribution < -0.4 is 4.90 Å². The number of aryl methyl sites for hydroxylation is 2. The number of hydrogen-bond donors (Lipinski definition) is 0. The van der Waals surface area contributed by atoms with Crippen molar-refractivity contribution in [1.29, 1.82) is 0 Å². The number of rotatable bonds is 4. The molecule has 2 amide bonds. The van der Waals surface area contributed by atoms with Crippen molar-refractivity contribution in [2.75, 3.05) is 4.90 Å². The number of ketones is 1. The quantitative estimate of drug-likeness (QED) is 0.434. The van der Waals surface area contributed by atoms with Crippen LogP contribution in [0.2, 0.25) is 0 Å². The van der Waals surface area contributed by atoms with Crippen molar-refractivity contribution in [3.63, 3.8) is 0 Å². The van der Waals surface area contributed by atoms with Crippen molar-refractivity contribution in [2.45, 2.75) is 34.1 Å². The summed E-state index contributed by atoms with van der Waals surface area (Å²) < 4.78 is 0. The Morgan fingerprint density at radius 1 is 0.722 bits per heavy atom. The SMILES string of the molecule is CCC12C(=O)C(C)(C(c3ccccc3)=C1c1ccccc1)C1C(=O)N(c3ccc(C)c(C)c3)C(=O)C12. The minimum atomic E-state index is -1.09. The topological polar surface area (TPSA) is 54.5 Å². The van der Waals surface area contributed by atoms with Gasteiger partial charge in [-0.3, -0.25) is 14.4 Å². The van der Waals surface area contributed by atoms with Gasteiger partial charge >= 0.3 is 0 Å². The Morgan fingerprint density at radius 2 is 1.28 bits per heavy atom. The Labute approximate surface area is 211 Å². The third-order valence-electron chi connectivity index (χ3n) is 8.98. The molecule has 1 saturated heterocycles. The second-order valence-corrected chi connectivity index (χ2v) is 10.6. The van der Waals surface area contributed by atoms with Crippen LogP contribution in [0.4, 0.5) is 5.69 Å². The van der Waals surface area contributed by atoms with Crippen LogP contribution in [0.1, 0.15) is 42.5 Å². The van der Waals surface area contributed by atoms with Gasteiger partial charge in [0.25, 0.3) is 0 Å². The van der Waals surface area contributed by atoms with Crippen LogP contribution in [-0.4, -0.2) is 17.6 Å². The highest BCUT2D eigenvalue weighted by atomic mass is 16.2. The molecule has 0 spiro atoms. The van der Waals surface area contributed by atoms with Gasteiger partial charge in [0.1, 0.15) is 0 Å². The molecular weight excluding hydrogens is 446 g/mol. The Balaban J connectivity index is 1.64. The molecule has 4 atom stereocenters. The van der Waals surface area contributed by atoms with Crippen LogP contribution in [0.25, 0.3) is 11.1 Å². The Kier molecular flexibility index (Phi) is 4.79. The average molecular weight is 476 g/mol. The molecule has 36 heavy (non-hydrogen) atoms. The third kappa shape index (κ3) is 2.57. The van der Waals surface area contributed by atoms with E-state index in [-0.39, 0.29) is 17.6 Å². The lowest BCUT2D eigenvalue weighted by Gasteiger charge is -2.37. The second kappa shape index (κ2) is 7.60. The van der Waals surface area contributed by atoms with Gasteiger partial charge in [0.15, 0.2) is 5.78 Å². The number of benzene rings is 3. The minimum absolute atomic E-state index is 0.00615. The van der Waals surface area contributed by atoms with Gasteiger partial charge in [0.05, 0.1) is 28.4 Å².